The van der Waals surface area contributed by atoms with Crippen LogP contribution >= 0.6 is 11.5 Å². The van der Waals surface area contributed by atoms with Crippen LogP contribution in [0.5, 0.6) is 0 Å². The third kappa shape index (κ3) is 2.36. The molecule has 0 aliphatic heterocycles. The third-order valence-corrected chi connectivity index (χ3v) is 2.52. The number of aromatic amines is 1. The fraction of sp³-hybridized carbons (Fsp3) is 0.111. The molecule has 8 heteroatoms. The van der Waals surface area contributed by atoms with Gasteiger partial charge in [-0.05, 0) is 18.2 Å². The maximum absolute atomic E-state index is 12.8. The summed E-state index contributed by atoms with van der Waals surface area (Å²) in [5.41, 5.74) is -1.52. The molecule has 0 spiro atoms. The lowest BCUT2D eigenvalue weighted by Gasteiger charge is -2.10. The van der Waals surface area contributed by atoms with E-state index in [1.54, 1.807) is 0 Å². The second-order valence-corrected chi connectivity index (χ2v) is 3.87. The number of nitrogens with zero attached hydrogens (tertiary/aromatic N) is 1. The van der Waals surface area contributed by atoms with Crippen molar-refractivity contribution in [2.75, 3.05) is 0 Å². The lowest BCUT2D eigenvalue weighted by molar-refractivity contribution is -0.137. The normalized spacial score (nSPS) is 11.8. The van der Waals surface area contributed by atoms with Gasteiger partial charge in [0.05, 0.1) is 5.56 Å². The molecule has 0 saturated heterocycles. The monoisotopic (exact) mass is 264 g/mol. The molecular weight excluding hydrogens is 260 g/mol. The van der Waals surface area contributed by atoms with Crippen molar-refractivity contribution < 1.29 is 17.6 Å². The molecule has 90 valence electrons. The van der Waals surface area contributed by atoms with E-state index in [0.717, 1.165) is 12.1 Å². The Bertz CT molecular complexity index is 602. The Morgan fingerprint density at radius 2 is 2.00 bits per heavy atom. The van der Waals surface area contributed by atoms with Gasteiger partial charge in [-0.2, -0.15) is 17.5 Å². The molecule has 0 fully saturated rings. The van der Waals surface area contributed by atoms with Gasteiger partial charge in [0.15, 0.2) is 5.82 Å². The summed E-state index contributed by atoms with van der Waals surface area (Å²) < 4.78 is 54.3. The van der Waals surface area contributed by atoms with Gasteiger partial charge in [0, 0.05) is 17.1 Å². The van der Waals surface area contributed by atoms with Gasteiger partial charge in [0.25, 0.3) is 0 Å². The second kappa shape index (κ2) is 3.95. The summed E-state index contributed by atoms with van der Waals surface area (Å²) >= 11 is 0.501. The molecule has 1 N–H and O–H groups in total. The summed E-state index contributed by atoms with van der Waals surface area (Å²) in [6, 6.07) is 2.18. The number of benzene rings is 1. The van der Waals surface area contributed by atoms with Crippen LogP contribution < -0.4 is 4.87 Å². The van der Waals surface area contributed by atoms with E-state index in [-0.39, 0.29) is 11.4 Å². The Hall–Kier alpha value is -1.70. The zero-order chi connectivity index (χ0) is 12.6. The summed E-state index contributed by atoms with van der Waals surface area (Å²) in [4.78, 5) is 12.4. The zero-order valence-electron chi connectivity index (χ0n) is 8.01. The molecule has 3 nitrogen and oxygen atoms in total. The molecule has 0 radical (unpaired) electrons. The van der Waals surface area contributed by atoms with Gasteiger partial charge >= 0.3 is 11.0 Å². The van der Waals surface area contributed by atoms with Gasteiger partial charge in [-0.15, -0.1) is 0 Å². The molecule has 0 atom stereocenters. The van der Waals surface area contributed by atoms with Crippen LogP contribution in [0.2, 0.25) is 0 Å². The van der Waals surface area contributed by atoms with Gasteiger partial charge in [0.2, 0.25) is 0 Å². The highest BCUT2D eigenvalue weighted by Crippen LogP contribution is 2.36. The number of nitrogens with one attached hydrogen (secondary N) is 1. The number of aromatic nitrogens is 2. The smallest absolute Gasteiger partial charge is 0.296 e. The number of H-pyrrole nitrogens is 1. The van der Waals surface area contributed by atoms with Crippen molar-refractivity contribution in [1.82, 2.24) is 9.36 Å². The van der Waals surface area contributed by atoms with Crippen LogP contribution in [0.15, 0.2) is 23.0 Å². The van der Waals surface area contributed by atoms with Gasteiger partial charge < -0.3 is 0 Å². The molecular formula is C9H4F4N2OS. The summed E-state index contributed by atoms with van der Waals surface area (Å²) in [5, 5.41) is 0. The van der Waals surface area contributed by atoms with Crippen LogP contribution in [0, 0.1) is 5.82 Å². The molecule has 2 aromatic rings. The second-order valence-electron chi connectivity index (χ2n) is 3.13. The predicted octanol–water partition coefficient (Wildman–Crippen LogP) is 2.66. The Balaban J connectivity index is 2.65. The average molecular weight is 264 g/mol. The molecule has 1 heterocycles. The van der Waals surface area contributed by atoms with E-state index in [0.29, 0.717) is 17.6 Å². The van der Waals surface area contributed by atoms with E-state index < -0.39 is 22.4 Å². The first-order valence-electron chi connectivity index (χ1n) is 4.31. The van der Waals surface area contributed by atoms with E-state index in [1.165, 1.54) is 0 Å². The molecule has 0 aliphatic rings. The van der Waals surface area contributed by atoms with Crippen molar-refractivity contribution in [3.8, 4) is 11.4 Å². The summed E-state index contributed by atoms with van der Waals surface area (Å²) in [7, 11) is 0. The van der Waals surface area contributed by atoms with Gasteiger partial charge in [0.1, 0.15) is 5.82 Å². The average Bonchev–Trinajstić information content (AvgIpc) is 2.63. The molecule has 0 unspecified atom stereocenters. The SMILES string of the molecule is O=c1[nH]c(-c2ccc(F)cc2C(F)(F)F)ns1. The minimum Gasteiger partial charge on any atom is -0.296 e. The molecule has 1 aromatic carbocycles. The summed E-state index contributed by atoms with van der Waals surface area (Å²) in [6.07, 6.45) is -4.71. The molecule has 1 aromatic heterocycles. The van der Waals surface area contributed by atoms with E-state index in [4.69, 9.17) is 0 Å². The van der Waals surface area contributed by atoms with E-state index in [9.17, 15) is 22.4 Å². The Morgan fingerprint density at radius 3 is 2.53 bits per heavy atom. The van der Waals surface area contributed by atoms with Crippen LogP contribution in [0.25, 0.3) is 11.4 Å². The lowest BCUT2D eigenvalue weighted by atomic mass is 10.1. The first-order chi connectivity index (χ1) is 7.88. The maximum atomic E-state index is 12.8. The molecule has 0 amide bonds. The first kappa shape index (κ1) is 11.8. The highest BCUT2D eigenvalue weighted by molar-refractivity contribution is 7.03. The third-order valence-electron chi connectivity index (χ3n) is 1.98. The summed E-state index contributed by atoms with van der Waals surface area (Å²) in [6.45, 7) is 0. The van der Waals surface area contributed by atoms with Crippen LogP contribution in [0.1, 0.15) is 5.56 Å². The number of rotatable bonds is 1. The fourth-order valence-electron chi connectivity index (χ4n) is 1.30. The number of hydrogen-bond acceptors (Lipinski definition) is 3. The first-order valence-corrected chi connectivity index (χ1v) is 5.08. The van der Waals surface area contributed by atoms with Crippen molar-refractivity contribution in [2.24, 2.45) is 0 Å². The van der Waals surface area contributed by atoms with Crippen LogP contribution in [-0.2, 0) is 6.18 Å². The molecule has 0 saturated carbocycles. The minimum absolute atomic E-state index is 0.215. The van der Waals surface area contributed by atoms with Crippen molar-refractivity contribution in [1.29, 1.82) is 0 Å². The lowest BCUT2D eigenvalue weighted by Crippen LogP contribution is -2.08. The van der Waals surface area contributed by atoms with Crippen molar-refractivity contribution in [3.05, 3.63) is 39.2 Å². The highest BCUT2D eigenvalue weighted by atomic mass is 32.1. The van der Waals surface area contributed by atoms with Crippen molar-refractivity contribution >= 4 is 11.5 Å². The van der Waals surface area contributed by atoms with E-state index in [1.807, 2.05) is 0 Å². The molecule has 2 rings (SSSR count). The molecule has 0 aliphatic carbocycles. The Kier molecular flexibility index (Phi) is 2.74. The van der Waals surface area contributed by atoms with Crippen LogP contribution in [0.3, 0.4) is 0 Å². The van der Waals surface area contributed by atoms with Crippen molar-refractivity contribution in [2.45, 2.75) is 6.18 Å². The highest BCUT2D eigenvalue weighted by Gasteiger charge is 2.34. The number of halogens is 4. The molecule has 0 bridgehead atoms. The number of hydrogen-bond donors (Lipinski definition) is 1. The standard InChI is InChI=1S/C9H4F4N2OS/c10-4-1-2-5(6(3-4)9(11,12)13)7-14-8(16)17-15-7/h1-3H,(H,14,15,16). The zero-order valence-corrected chi connectivity index (χ0v) is 8.82. The maximum Gasteiger partial charge on any atom is 0.417 e. The molecule has 17 heavy (non-hydrogen) atoms. The van der Waals surface area contributed by atoms with Gasteiger partial charge in [-0.25, -0.2) is 4.39 Å². The summed E-state index contributed by atoms with van der Waals surface area (Å²) in [5.74, 6) is -1.22. The van der Waals surface area contributed by atoms with Crippen LogP contribution in [-0.4, -0.2) is 9.36 Å². The topological polar surface area (TPSA) is 45.8 Å². The van der Waals surface area contributed by atoms with Gasteiger partial charge in [-0.3, -0.25) is 9.78 Å². The predicted molar refractivity (Wildman–Crippen MR) is 53.1 cm³/mol. The minimum atomic E-state index is -4.71. The largest absolute Gasteiger partial charge is 0.417 e. The fourth-order valence-corrected chi connectivity index (χ4v) is 1.76. The van der Waals surface area contributed by atoms with Gasteiger partial charge in [-0.1, -0.05) is 0 Å². The van der Waals surface area contributed by atoms with E-state index in [2.05, 4.69) is 9.36 Å². The number of alkyl halides is 3. The Morgan fingerprint density at radius 1 is 1.29 bits per heavy atom. The quantitative estimate of drug-likeness (QED) is 0.805. The van der Waals surface area contributed by atoms with Crippen LogP contribution in [0.4, 0.5) is 17.6 Å². The van der Waals surface area contributed by atoms with Crippen molar-refractivity contribution in [3.63, 3.8) is 0 Å². The Labute approximate surface area is 95.9 Å². The van der Waals surface area contributed by atoms with E-state index >= 15 is 0 Å².